The zero-order chi connectivity index (χ0) is 14.3. The Kier molecular flexibility index (Phi) is 3.43. The van der Waals surface area contributed by atoms with E-state index in [0.29, 0.717) is 0 Å². The van der Waals surface area contributed by atoms with Crippen LogP contribution < -0.4 is 0 Å². The third kappa shape index (κ3) is 2.81. The van der Waals surface area contributed by atoms with Gasteiger partial charge in [-0.1, -0.05) is 36.8 Å². The van der Waals surface area contributed by atoms with Crippen LogP contribution in [0.1, 0.15) is 45.2 Å². The summed E-state index contributed by atoms with van der Waals surface area (Å²) in [6.07, 6.45) is 0.291. The monoisotopic (exact) mass is 262 g/mol. The van der Waals surface area contributed by atoms with Crippen LogP contribution in [0.3, 0.4) is 0 Å². The van der Waals surface area contributed by atoms with Crippen molar-refractivity contribution < 1.29 is 14.3 Å². The van der Waals surface area contributed by atoms with Gasteiger partial charge in [0.25, 0.3) is 0 Å². The van der Waals surface area contributed by atoms with Gasteiger partial charge in [-0.2, -0.15) is 0 Å². The highest BCUT2D eigenvalue weighted by atomic mass is 16.7. The summed E-state index contributed by atoms with van der Waals surface area (Å²) < 4.78 is 11.1. The molecule has 3 heteroatoms. The smallest absolute Gasteiger partial charge is 0.339 e. The van der Waals surface area contributed by atoms with Gasteiger partial charge < -0.3 is 9.47 Å². The molecule has 1 saturated heterocycles. The number of epoxide rings is 1. The molecular formula is C16H22O3. The molecule has 0 radical (unpaired) electrons. The first-order chi connectivity index (χ1) is 8.78. The molecule has 0 bridgehead atoms. The van der Waals surface area contributed by atoms with Gasteiger partial charge in [-0.05, 0) is 39.7 Å². The van der Waals surface area contributed by atoms with E-state index >= 15 is 0 Å². The van der Waals surface area contributed by atoms with Crippen LogP contribution in [0.5, 0.6) is 0 Å². The number of rotatable bonds is 3. The van der Waals surface area contributed by atoms with Crippen LogP contribution in [-0.4, -0.2) is 17.7 Å². The van der Waals surface area contributed by atoms with E-state index in [-0.39, 0.29) is 5.97 Å². The number of carbonyl (C=O) groups is 1. The highest BCUT2D eigenvalue weighted by Gasteiger charge is 2.61. The van der Waals surface area contributed by atoms with Gasteiger partial charge in [-0.15, -0.1) is 0 Å². The van der Waals surface area contributed by atoms with Crippen molar-refractivity contribution in [3.8, 4) is 0 Å². The zero-order valence-corrected chi connectivity index (χ0v) is 12.3. The maximum absolute atomic E-state index is 12.1. The fraction of sp³-hybridized carbons (Fsp3) is 0.562. The van der Waals surface area contributed by atoms with Gasteiger partial charge in [-0.25, -0.2) is 4.79 Å². The van der Waals surface area contributed by atoms with E-state index in [1.165, 1.54) is 5.56 Å². The van der Waals surface area contributed by atoms with E-state index in [2.05, 4.69) is 0 Å². The molecule has 0 spiro atoms. The van der Waals surface area contributed by atoms with E-state index in [4.69, 9.17) is 9.47 Å². The lowest BCUT2D eigenvalue weighted by molar-refractivity contribution is -0.156. The Morgan fingerprint density at radius 3 is 2.37 bits per heavy atom. The average Bonchev–Trinajstić information content (AvgIpc) is 3.04. The van der Waals surface area contributed by atoms with Crippen molar-refractivity contribution in [3.05, 3.63) is 35.4 Å². The molecule has 0 saturated carbocycles. The molecule has 0 aliphatic carbocycles. The lowest BCUT2D eigenvalue weighted by atomic mass is 9.92. The van der Waals surface area contributed by atoms with Crippen LogP contribution >= 0.6 is 0 Å². The first-order valence-electron chi connectivity index (χ1n) is 6.76. The second kappa shape index (κ2) is 4.64. The molecule has 2 atom stereocenters. The topological polar surface area (TPSA) is 38.8 Å². The molecular weight excluding hydrogens is 240 g/mol. The molecule has 2 unspecified atom stereocenters. The van der Waals surface area contributed by atoms with E-state index in [1.54, 1.807) is 0 Å². The average molecular weight is 262 g/mol. The Hall–Kier alpha value is -1.35. The van der Waals surface area contributed by atoms with Crippen LogP contribution in [0.2, 0.25) is 0 Å². The minimum Gasteiger partial charge on any atom is -0.458 e. The molecule has 0 aromatic heterocycles. The number of hydrogen-bond acceptors (Lipinski definition) is 3. The van der Waals surface area contributed by atoms with Gasteiger partial charge in [0.2, 0.25) is 0 Å². The van der Waals surface area contributed by atoms with Crippen molar-refractivity contribution in [3.63, 3.8) is 0 Å². The lowest BCUT2D eigenvalue weighted by Gasteiger charge is -2.19. The summed E-state index contributed by atoms with van der Waals surface area (Å²) in [6.45, 7) is 9.68. The van der Waals surface area contributed by atoms with E-state index in [1.807, 2.05) is 58.9 Å². The van der Waals surface area contributed by atoms with Crippen molar-refractivity contribution in [1.82, 2.24) is 0 Å². The normalized spacial score (nSPS) is 26.1. The maximum Gasteiger partial charge on any atom is 0.339 e. The molecule has 0 amide bonds. The van der Waals surface area contributed by atoms with Crippen LogP contribution in [0.25, 0.3) is 0 Å². The Morgan fingerprint density at radius 1 is 1.32 bits per heavy atom. The fourth-order valence-electron chi connectivity index (χ4n) is 2.30. The number of esters is 1. The highest BCUT2D eigenvalue weighted by Crippen LogP contribution is 2.49. The first-order valence-corrected chi connectivity index (χ1v) is 6.76. The van der Waals surface area contributed by atoms with Crippen molar-refractivity contribution in [2.45, 2.75) is 58.3 Å². The van der Waals surface area contributed by atoms with Crippen LogP contribution in [0, 0.1) is 6.92 Å². The predicted molar refractivity (Wildman–Crippen MR) is 73.9 cm³/mol. The minimum absolute atomic E-state index is 0.269. The Balaban J connectivity index is 2.15. The summed E-state index contributed by atoms with van der Waals surface area (Å²) in [4.78, 5) is 12.1. The molecule has 2 rings (SSSR count). The minimum atomic E-state index is -0.490. The van der Waals surface area contributed by atoms with Crippen LogP contribution in [0.4, 0.5) is 0 Å². The molecule has 1 heterocycles. The number of hydrogen-bond donors (Lipinski definition) is 0. The van der Waals surface area contributed by atoms with Crippen molar-refractivity contribution in [1.29, 1.82) is 0 Å². The molecule has 1 aliphatic rings. The van der Waals surface area contributed by atoms with Crippen molar-refractivity contribution in [2.75, 3.05) is 0 Å². The zero-order valence-electron chi connectivity index (χ0n) is 12.3. The molecule has 104 valence electrons. The van der Waals surface area contributed by atoms with Gasteiger partial charge >= 0.3 is 5.97 Å². The molecule has 3 nitrogen and oxygen atoms in total. The predicted octanol–water partition coefficient (Wildman–Crippen LogP) is 3.34. The summed E-state index contributed by atoms with van der Waals surface area (Å²) >= 11 is 0. The maximum atomic E-state index is 12.1. The third-order valence-electron chi connectivity index (χ3n) is 3.38. The van der Waals surface area contributed by atoms with Gasteiger partial charge in [0, 0.05) is 0 Å². The van der Waals surface area contributed by atoms with Gasteiger partial charge in [0.1, 0.15) is 11.2 Å². The van der Waals surface area contributed by atoms with Crippen LogP contribution in [0.15, 0.2) is 24.3 Å². The van der Waals surface area contributed by atoms with E-state index < -0.39 is 17.3 Å². The quantitative estimate of drug-likeness (QED) is 0.619. The Morgan fingerprint density at radius 2 is 1.89 bits per heavy atom. The standard InChI is InChI=1S/C16H22O3/c1-6-16(12-9-7-11(2)8-10-12)13(18-16)14(17)19-15(3,4)5/h7-10,13H,6H2,1-5H3. The number of carbonyl (C=O) groups excluding carboxylic acids is 1. The summed E-state index contributed by atoms with van der Waals surface area (Å²) in [6, 6.07) is 8.15. The number of benzene rings is 1. The van der Waals surface area contributed by atoms with Gasteiger partial charge in [-0.3, -0.25) is 0 Å². The van der Waals surface area contributed by atoms with Crippen LogP contribution in [-0.2, 0) is 19.9 Å². The summed E-state index contributed by atoms with van der Waals surface area (Å²) in [5, 5.41) is 0. The summed E-state index contributed by atoms with van der Waals surface area (Å²) in [7, 11) is 0. The first kappa shape index (κ1) is 14.1. The van der Waals surface area contributed by atoms with E-state index in [0.717, 1.165) is 12.0 Å². The third-order valence-corrected chi connectivity index (χ3v) is 3.38. The summed E-state index contributed by atoms with van der Waals surface area (Å²) in [5.74, 6) is -0.269. The molecule has 1 aliphatic heterocycles. The molecule has 1 aromatic carbocycles. The number of ether oxygens (including phenoxy) is 2. The van der Waals surface area contributed by atoms with Gasteiger partial charge in [0.05, 0.1) is 0 Å². The van der Waals surface area contributed by atoms with E-state index in [9.17, 15) is 4.79 Å². The Labute approximate surface area is 114 Å². The second-order valence-electron chi connectivity index (χ2n) is 6.14. The van der Waals surface area contributed by atoms with Gasteiger partial charge in [0.15, 0.2) is 6.10 Å². The Bertz CT molecular complexity index is 470. The van der Waals surface area contributed by atoms with Crippen molar-refractivity contribution in [2.24, 2.45) is 0 Å². The SMILES string of the molecule is CCC1(c2ccc(C)cc2)OC1C(=O)OC(C)(C)C. The molecule has 1 fully saturated rings. The lowest BCUT2D eigenvalue weighted by Crippen LogP contribution is -2.29. The fourth-order valence-corrected chi connectivity index (χ4v) is 2.30. The second-order valence-corrected chi connectivity index (χ2v) is 6.14. The largest absolute Gasteiger partial charge is 0.458 e. The molecule has 1 aromatic rings. The molecule has 19 heavy (non-hydrogen) atoms. The number of aryl methyl sites for hydroxylation is 1. The molecule has 0 N–H and O–H groups in total. The van der Waals surface area contributed by atoms with Crippen molar-refractivity contribution >= 4 is 5.97 Å². The highest BCUT2D eigenvalue weighted by molar-refractivity contribution is 5.80. The summed E-state index contributed by atoms with van der Waals surface area (Å²) in [5.41, 5.74) is 1.28.